The number of esters is 1. The van der Waals surface area contributed by atoms with E-state index in [0.29, 0.717) is 28.3 Å². The Bertz CT molecular complexity index is 1150. The molecule has 7 nitrogen and oxygen atoms in total. The number of fused-ring (bicyclic) bond motifs is 1. The zero-order valence-electron chi connectivity index (χ0n) is 18.2. The quantitative estimate of drug-likeness (QED) is 0.589. The van der Waals surface area contributed by atoms with E-state index in [9.17, 15) is 14.4 Å². The van der Waals surface area contributed by atoms with Crippen molar-refractivity contribution < 1.29 is 14.3 Å². The summed E-state index contributed by atoms with van der Waals surface area (Å²) < 4.78 is 6.70. The fraction of sp³-hybridized carbons (Fsp3) is 0.333. The Balaban J connectivity index is 1.56. The molecular formula is C24H27N3O4. The molecule has 31 heavy (non-hydrogen) atoms. The third-order valence-electron chi connectivity index (χ3n) is 5.15. The highest BCUT2D eigenvalue weighted by Gasteiger charge is 2.19. The van der Waals surface area contributed by atoms with Crippen LogP contribution >= 0.6 is 0 Å². The van der Waals surface area contributed by atoms with Crippen LogP contribution in [0.5, 0.6) is 0 Å². The van der Waals surface area contributed by atoms with Crippen LogP contribution in [0.15, 0.2) is 53.3 Å². The number of rotatable bonds is 7. The van der Waals surface area contributed by atoms with Crippen molar-refractivity contribution >= 4 is 28.5 Å². The summed E-state index contributed by atoms with van der Waals surface area (Å²) in [5, 5.41) is 3.28. The molecule has 3 aromatic rings. The Labute approximate surface area is 181 Å². The van der Waals surface area contributed by atoms with Gasteiger partial charge in [0, 0.05) is 19.2 Å². The maximum atomic E-state index is 12.4. The largest absolute Gasteiger partial charge is 0.453 e. The Morgan fingerprint density at radius 1 is 1.06 bits per heavy atom. The van der Waals surface area contributed by atoms with E-state index < -0.39 is 18.0 Å². The van der Waals surface area contributed by atoms with E-state index >= 15 is 0 Å². The summed E-state index contributed by atoms with van der Waals surface area (Å²) in [5.41, 5.74) is 2.25. The maximum absolute atomic E-state index is 12.4. The summed E-state index contributed by atoms with van der Waals surface area (Å²) in [4.78, 5) is 41.5. The van der Waals surface area contributed by atoms with Gasteiger partial charge >= 0.3 is 5.97 Å². The molecule has 0 radical (unpaired) electrons. The third kappa shape index (κ3) is 5.36. The number of nitrogens with zero attached hydrogens (tertiary/aromatic N) is 2. The van der Waals surface area contributed by atoms with Gasteiger partial charge in [0.05, 0.1) is 17.3 Å². The number of aromatic nitrogens is 2. The number of carbonyl (C=O) groups is 2. The molecule has 1 aromatic heterocycles. The molecule has 0 saturated carbocycles. The second-order valence-electron chi connectivity index (χ2n) is 7.81. The highest BCUT2D eigenvalue weighted by molar-refractivity contribution is 5.95. The maximum Gasteiger partial charge on any atom is 0.307 e. The van der Waals surface area contributed by atoms with Crippen LogP contribution in [0.25, 0.3) is 10.9 Å². The molecule has 7 heteroatoms. The van der Waals surface area contributed by atoms with Crippen LogP contribution in [-0.2, 0) is 27.8 Å². The summed E-state index contributed by atoms with van der Waals surface area (Å²) in [6.07, 6.45) is -0.689. The van der Waals surface area contributed by atoms with Gasteiger partial charge < -0.3 is 10.1 Å². The molecule has 0 spiro atoms. The van der Waals surface area contributed by atoms with Crippen molar-refractivity contribution in [3.8, 4) is 0 Å². The number of benzene rings is 2. The minimum Gasteiger partial charge on any atom is -0.453 e. The summed E-state index contributed by atoms with van der Waals surface area (Å²) in [6, 6.07) is 14.6. The van der Waals surface area contributed by atoms with Gasteiger partial charge in [-0.2, -0.15) is 0 Å². The number of para-hydroxylation sites is 1. The first-order valence-corrected chi connectivity index (χ1v) is 10.3. The predicted octanol–water partition coefficient (Wildman–Crippen LogP) is 3.56. The molecule has 2 aromatic carbocycles. The fourth-order valence-electron chi connectivity index (χ4n) is 3.21. The smallest absolute Gasteiger partial charge is 0.307 e. The number of nitrogens with one attached hydrogen (secondary N) is 1. The highest BCUT2D eigenvalue weighted by atomic mass is 16.5. The van der Waals surface area contributed by atoms with Crippen molar-refractivity contribution in [3.63, 3.8) is 0 Å². The average molecular weight is 421 g/mol. The number of anilines is 1. The minimum absolute atomic E-state index is 0.0132. The lowest BCUT2D eigenvalue weighted by Gasteiger charge is -2.14. The molecule has 1 amide bonds. The Hall–Kier alpha value is -3.48. The zero-order valence-corrected chi connectivity index (χ0v) is 18.2. The van der Waals surface area contributed by atoms with Crippen LogP contribution < -0.4 is 10.9 Å². The molecule has 0 aliphatic rings. The summed E-state index contributed by atoms with van der Waals surface area (Å²) in [6.45, 7) is 5.72. The van der Waals surface area contributed by atoms with Gasteiger partial charge in [0.15, 0.2) is 6.10 Å². The Morgan fingerprint density at radius 3 is 2.42 bits per heavy atom. The van der Waals surface area contributed by atoms with Crippen LogP contribution in [-0.4, -0.2) is 27.5 Å². The summed E-state index contributed by atoms with van der Waals surface area (Å²) in [7, 11) is 1.63. The van der Waals surface area contributed by atoms with Crippen LogP contribution in [0.1, 0.15) is 44.5 Å². The van der Waals surface area contributed by atoms with Crippen molar-refractivity contribution in [3.05, 3.63) is 70.3 Å². The van der Waals surface area contributed by atoms with Gasteiger partial charge in [-0.1, -0.05) is 38.1 Å². The number of carbonyl (C=O) groups excluding carboxylic acids is 2. The molecule has 0 unspecified atom stereocenters. The number of amides is 1. The van der Waals surface area contributed by atoms with Crippen molar-refractivity contribution in [2.45, 2.75) is 45.6 Å². The van der Waals surface area contributed by atoms with E-state index in [4.69, 9.17) is 4.74 Å². The van der Waals surface area contributed by atoms with Crippen molar-refractivity contribution in [2.24, 2.45) is 7.05 Å². The number of ether oxygens (including phenoxy) is 1. The molecule has 0 aliphatic heterocycles. The normalized spacial score (nSPS) is 12.0. The fourth-order valence-corrected chi connectivity index (χ4v) is 3.21. The van der Waals surface area contributed by atoms with Crippen molar-refractivity contribution in [1.29, 1.82) is 0 Å². The molecule has 0 bridgehead atoms. The molecule has 1 N–H and O–H groups in total. The molecule has 1 heterocycles. The summed E-state index contributed by atoms with van der Waals surface area (Å²) in [5.74, 6) is -0.0358. The lowest BCUT2D eigenvalue weighted by atomic mass is 10.0. The van der Waals surface area contributed by atoms with E-state index in [0.717, 1.165) is 0 Å². The SMILES string of the molecule is CC(C)c1ccc(NC(=O)[C@@H](C)OC(=O)CCc2nc3ccccc3c(=O)n2C)cc1. The predicted molar refractivity (Wildman–Crippen MR) is 120 cm³/mol. The topological polar surface area (TPSA) is 90.3 Å². The minimum atomic E-state index is -0.939. The van der Waals surface area contributed by atoms with Crippen LogP contribution in [0.4, 0.5) is 5.69 Å². The van der Waals surface area contributed by atoms with Gasteiger partial charge in [0.2, 0.25) is 0 Å². The number of aryl methyl sites for hydroxylation is 1. The van der Waals surface area contributed by atoms with Gasteiger partial charge in [-0.3, -0.25) is 19.0 Å². The van der Waals surface area contributed by atoms with Gasteiger partial charge in [0.25, 0.3) is 11.5 Å². The van der Waals surface area contributed by atoms with Crippen molar-refractivity contribution in [1.82, 2.24) is 9.55 Å². The lowest BCUT2D eigenvalue weighted by Crippen LogP contribution is -2.30. The van der Waals surface area contributed by atoms with E-state index in [-0.39, 0.29) is 18.4 Å². The first kappa shape index (κ1) is 22.2. The Morgan fingerprint density at radius 2 is 1.74 bits per heavy atom. The number of hydrogen-bond acceptors (Lipinski definition) is 5. The van der Waals surface area contributed by atoms with Gasteiger partial charge in [-0.15, -0.1) is 0 Å². The molecular weight excluding hydrogens is 394 g/mol. The number of hydrogen-bond donors (Lipinski definition) is 1. The molecule has 3 rings (SSSR count). The Kier molecular flexibility index (Phi) is 6.84. The molecule has 1 atom stereocenters. The molecule has 0 saturated heterocycles. The third-order valence-corrected chi connectivity index (χ3v) is 5.15. The van der Waals surface area contributed by atoms with E-state index in [2.05, 4.69) is 24.1 Å². The van der Waals surface area contributed by atoms with Crippen LogP contribution in [0.3, 0.4) is 0 Å². The van der Waals surface area contributed by atoms with Crippen LogP contribution in [0.2, 0.25) is 0 Å². The highest BCUT2D eigenvalue weighted by Crippen LogP contribution is 2.17. The van der Waals surface area contributed by atoms with Gasteiger partial charge in [-0.05, 0) is 42.7 Å². The average Bonchev–Trinajstić information content (AvgIpc) is 2.75. The van der Waals surface area contributed by atoms with E-state index in [1.54, 1.807) is 25.2 Å². The zero-order chi connectivity index (χ0) is 22.5. The lowest BCUT2D eigenvalue weighted by molar-refractivity contribution is -0.153. The van der Waals surface area contributed by atoms with Crippen molar-refractivity contribution in [2.75, 3.05) is 5.32 Å². The second kappa shape index (κ2) is 9.55. The van der Waals surface area contributed by atoms with Gasteiger partial charge in [0.1, 0.15) is 5.82 Å². The second-order valence-corrected chi connectivity index (χ2v) is 7.81. The molecule has 0 fully saturated rings. The van der Waals surface area contributed by atoms with Crippen LogP contribution in [0, 0.1) is 0 Å². The first-order valence-electron chi connectivity index (χ1n) is 10.3. The first-order chi connectivity index (χ1) is 14.8. The van der Waals surface area contributed by atoms with E-state index in [1.165, 1.54) is 17.1 Å². The van der Waals surface area contributed by atoms with Gasteiger partial charge in [-0.25, -0.2) is 4.98 Å². The summed E-state index contributed by atoms with van der Waals surface area (Å²) >= 11 is 0. The standard InChI is InChI=1S/C24H27N3O4/c1-15(2)17-9-11-18(12-10-17)25-23(29)16(3)31-22(28)14-13-21-26-20-8-6-5-7-19(20)24(30)27(21)4/h5-12,15-16H,13-14H2,1-4H3,(H,25,29)/t16-/m1/s1. The van der Waals surface area contributed by atoms with E-state index in [1.807, 2.05) is 30.3 Å². The molecule has 162 valence electrons. The monoisotopic (exact) mass is 421 g/mol. The molecule has 0 aliphatic carbocycles.